The third kappa shape index (κ3) is 4.98. The van der Waals surface area contributed by atoms with Gasteiger partial charge in [-0.25, -0.2) is 8.78 Å². The van der Waals surface area contributed by atoms with E-state index in [1.807, 2.05) is 18.2 Å². The van der Waals surface area contributed by atoms with E-state index in [1.165, 1.54) is 6.92 Å². The van der Waals surface area contributed by atoms with Crippen molar-refractivity contribution in [2.24, 2.45) is 11.7 Å². The van der Waals surface area contributed by atoms with Crippen LogP contribution in [0.1, 0.15) is 80.6 Å². The molecule has 8 heteroatoms. The molecule has 0 radical (unpaired) electrons. The number of hydrogen-bond acceptors (Lipinski definition) is 4. The van der Waals surface area contributed by atoms with E-state index in [-0.39, 0.29) is 42.7 Å². The lowest BCUT2D eigenvalue weighted by Crippen LogP contribution is -2.61. The van der Waals surface area contributed by atoms with E-state index >= 15 is 0 Å². The monoisotopic (exact) mass is 477 g/mol. The van der Waals surface area contributed by atoms with Crippen LogP contribution in [0.15, 0.2) is 24.3 Å². The Labute approximate surface area is 200 Å². The highest BCUT2D eigenvalue weighted by Gasteiger charge is 2.51. The summed E-state index contributed by atoms with van der Waals surface area (Å²) in [7, 11) is 0. The normalized spacial score (nSPS) is 30.1. The van der Waals surface area contributed by atoms with Crippen LogP contribution in [0.2, 0.25) is 0 Å². The zero-order valence-corrected chi connectivity index (χ0v) is 20.1. The first-order chi connectivity index (χ1) is 16.1. The lowest BCUT2D eigenvalue weighted by atomic mass is 9.78. The Morgan fingerprint density at radius 1 is 1.24 bits per heavy atom. The Hall–Kier alpha value is -2.06. The number of halogens is 2. The van der Waals surface area contributed by atoms with Crippen LogP contribution in [0.5, 0.6) is 0 Å². The average molecular weight is 478 g/mol. The summed E-state index contributed by atoms with van der Waals surface area (Å²) in [6.07, 6.45) is 2.08. The standard InChI is InChI=1S/C26H37F2N3O3/c1-3-30-20-7-8-22(30)23(21(14-20)18-5-4-6-19(13-18)24(29)33)31(25(34)16(2)32)15-17-9-11-26(27,28)12-10-17/h4-6,13,16-17,20-23,32H,3,7-12,14-15H2,1-2H3,(H2,29,33)/t16-,20?,21?,22?,23?/m0/s1. The van der Waals surface area contributed by atoms with Gasteiger partial charge in [0.05, 0.1) is 6.04 Å². The first-order valence-corrected chi connectivity index (χ1v) is 12.6. The van der Waals surface area contributed by atoms with E-state index in [0.717, 1.165) is 31.4 Å². The van der Waals surface area contributed by atoms with Crippen LogP contribution >= 0.6 is 0 Å². The third-order valence-electron chi connectivity index (χ3n) is 8.28. The fourth-order valence-electron chi connectivity index (χ4n) is 6.62. The molecular formula is C26H37F2N3O3. The van der Waals surface area contributed by atoms with Gasteiger partial charge in [-0.3, -0.25) is 14.5 Å². The van der Waals surface area contributed by atoms with Crippen LogP contribution in [0, 0.1) is 5.92 Å². The van der Waals surface area contributed by atoms with E-state index in [1.54, 1.807) is 11.0 Å². The Morgan fingerprint density at radius 3 is 2.56 bits per heavy atom. The molecule has 1 aromatic carbocycles. The van der Waals surface area contributed by atoms with E-state index in [9.17, 15) is 23.5 Å². The van der Waals surface area contributed by atoms with Crippen molar-refractivity contribution in [3.63, 3.8) is 0 Å². The van der Waals surface area contributed by atoms with E-state index < -0.39 is 17.9 Å². The Kier molecular flexibility index (Phi) is 7.29. The number of primary amides is 1. The molecule has 3 N–H and O–H groups in total. The van der Waals surface area contributed by atoms with Gasteiger partial charge in [0.25, 0.3) is 5.91 Å². The Morgan fingerprint density at radius 2 is 1.94 bits per heavy atom. The number of alkyl halides is 2. The van der Waals surface area contributed by atoms with E-state index in [0.29, 0.717) is 31.0 Å². The number of aliphatic hydroxyl groups is 1. The minimum Gasteiger partial charge on any atom is -0.384 e. The molecule has 1 saturated carbocycles. The second-order valence-corrected chi connectivity index (χ2v) is 10.4. The minimum absolute atomic E-state index is 0.0193. The van der Waals surface area contributed by atoms with E-state index in [4.69, 9.17) is 5.73 Å². The Balaban J connectivity index is 1.70. The van der Waals surface area contributed by atoms with Crippen molar-refractivity contribution < 1.29 is 23.5 Å². The molecule has 188 valence electrons. The topological polar surface area (TPSA) is 86.9 Å². The zero-order chi connectivity index (χ0) is 24.6. The molecule has 2 saturated heterocycles. The number of carbonyl (C=O) groups is 2. The summed E-state index contributed by atoms with van der Waals surface area (Å²) in [6.45, 7) is 4.84. The molecule has 34 heavy (non-hydrogen) atoms. The van der Waals surface area contributed by atoms with Gasteiger partial charge in [-0.2, -0.15) is 0 Å². The molecule has 3 fully saturated rings. The highest BCUT2D eigenvalue weighted by atomic mass is 19.3. The number of carbonyl (C=O) groups excluding carboxylic acids is 2. The van der Waals surface area contributed by atoms with Crippen LogP contribution in [0.4, 0.5) is 8.78 Å². The summed E-state index contributed by atoms with van der Waals surface area (Å²) in [4.78, 5) is 29.5. The van der Waals surface area contributed by atoms with Crippen molar-refractivity contribution in [3.05, 3.63) is 35.4 Å². The van der Waals surface area contributed by atoms with Gasteiger partial charge in [0.15, 0.2) is 0 Å². The number of nitrogens with two attached hydrogens (primary N) is 1. The van der Waals surface area contributed by atoms with Gasteiger partial charge in [0.2, 0.25) is 11.8 Å². The minimum atomic E-state index is -2.63. The molecule has 2 aliphatic heterocycles. The first kappa shape index (κ1) is 25.0. The maximum atomic E-state index is 13.8. The summed E-state index contributed by atoms with van der Waals surface area (Å²) in [6, 6.07) is 7.64. The molecule has 4 unspecified atom stereocenters. The lowest BCUT2D eigenvalue weighted by molar-refractivity contribution is -0.147. The van der Waals surface area contributed by atoms with Gasteiger partial charge in [-0.05, 0) is 69.2 Å². The second kappa shape index (κ2) is 9.90. The molecule has 1 aliphatic carbocycles. The number of nitrogens with zero attached hydrogens (tertiary/aromatic N) is 2. The van der Waals surface area contributed by atoms with Crippen LogP contribution in [-0.4, -0.2) is 70.0 Å². The number of hydrogen-bond donors (Lipinski definition) is 2. The third-order valence-corrected chi connectivity index (χ3v) is 8.28. The fraction of sp³-hybridized carbons (Fsp3) is 0.692. The van der Waals surface area contributed by atoms with E-state index in [2.05, 4.69) is 11.8 Å². The lowest BCUT2D eigenvalue weighted by Gasteiger charge is -2.50. The molecule has 3 aliphatic rings. The maximum Gasteiger partial charge on any atom is 0.251 e. The van der Waals surface area contributed by atoms with Crippen molar-refractivity contribution >= 4 is 11.8 Å². The number of fused-ring (bicyclic) bond motifs is 2. The molecular weight excluding hydrogens is 440 g/mol. The predicted molar refractivity (Wildman–Crippen MR) is 126 cm³/mol. The molecule has 5 atom stereocenters. The molecule has 2 amide bonds. The summed E-state index contributed by atoms with van der Waals surface area (Å²) in [5, 5.41) is 10.3. The van der Waals surface area contributed by atoms with Gasteiger partial charge in [0, 0.05) is 43.0 Å². The van der Waals surface area contributed by atoms with Crippen molar-refractivity contribution in [2.75, 3.05) is 13.1 Å². The molecule has 0 spiro atoms. The number of likely N-dealkylation sites (N-methyl/N-ethyl adjacent to an activating group) is 1. The van der Waals surface area contributed by atoms with Crippen LogP contribution in [0.3, 0.4) is 0 Å². The number of amides is 2. The fourth-order valence-corrected chi connectivity index (χ4v) is 6.62. The molecule has 0 aromatic heterocycles. The maximum absolute atomic E-state index is 13.8. The summed E-state index contributed by atoms with van der Waals surface area (Å²) in [5.74, 6) is -3.51. The number of piperidine rings is 1. The molecule has 2 bridgehead atoms. The van der Waals surface area contributed by atoms with Gasteiger partial charge >= 0.3 is 0 Å². The number of benzene rings is 1. The van der Waals surface area contributed by atoms with Crippen LogP contribution in [-0.2, 0) is 4.79 Å². The molecule has 2 heterocycles. The van der Waals surface area contributed by atoms with Gasteiger partial charge < -0.3 is 15.7 Å². The SMILES string of the molecule is CCN1C2CCC1C(N(CC1CCC(F)(F)CC1)C(=O)[C@H](C)O)C(c1cccc(C(N)=O)c1)C2. The van der Waals surface area contributed by atoms with Gasteiger partial charge in [-0.1, -0.05) is 19.1 Å². The zero-order valence-electron chi connectivity index (χ0n) is 20.1. The highest BCUT2D eigenvalue weighted by Crippen LogP contribution is 2.46. The van der Waals surface area contributed by atoms with Crippen LogP contribution in [0.25, 0.3) is 0 Å². The molecule has 4 rings (SSSR count). The molecule has 1 aromatic rings. The van der Waals surface area contributed by atoms with Gasteiger partial charge in [0.1, 0.15) is 6.10 Å². The van der Waals surface area contributed by atoms with Crippen LogP contribution < -0.4 is 5.73 Å². The largest absolute Gasteiger partial charge is 0.384 e. The van der Waals surface area contributed by atoms with Gasteiger partial charge in [-0.15, -0.1) is 0 Å². The quantitative estimate of drug-likeness (QED) is 0.629. The number of aliphatic hydroxyl groups excluding tert-OH is 1. The predicted octanol–water partition coefficient (Wildman–Crippen LogP) is 3.53. The number of rotatable bonds is 7. The smallest absolute Gasteiger partial charge is 0.251 e. The first-order valence-electron chi connectivity index (χ1n) is 12.6. The average Bonchev–Trinajstić information content (AvgIpc) is 3.10. The summed E-state index contributed by atoms with van der Waals surface area (Å²) in [5.41, 5.74) is 6.94. The molecule has 6 nitrogen and oxygen atoms in total. The van der Waals surface area contributed by atoms with Crippen molar-refractivity contribution in [3.8, 4) is 0 Å². The Bertz CT molecular complexity index is 899. The van der Waals surface area contributed by atoms with Crippen molar-refractivity contribution in [1.29, 1.82) is 0 Å². The highest BCUT2D eigenvalue weighted by molar-refractivity contribution is 5.93. The van der Waals surface area contributed by atoms with Crippen molar-refractivity contribution in [1.82, 2.24) is 9.80 Å². The summed E-state index contributed by atoms with van der Waals surface area (Å²) >= 11 is 0. The summed E-state index contributed by atoms with van der Waals surface area (Å²) < 4.78 is 27.6. The van der Waals surface area contributed by atoms with Crippen molar-refractivity contribution in [2.45, 2.75) is 94.9 Å². The second-order valence-electron chi connectivity index (χ2n) is 10.4.